The molecule has 1 heterocycles. The van der Waals surface area contributed by atoms with Crippen molar-refractivity contribution in [2.75, 3.05) is 5.43 Å². The molecule has 0 radical (unpaired) electrons. The van der Waals surface area contributed by atoms with Crippen molar-refractivity contribution in [2.24, 2.45) is 0 Å². The number of benzene rings is 2. The van der Waals surface area contributed by atoms with Crippen molar-refractivity contribution in [1.82, 2.24) is 4.68 Å². The summed E-state index contributed by atoms with van der Waals surface area (Å²) in [5.41, 5.74) is 5.32. The van der Waals surface area contributed by atoms with E-state index in [1.165, 1.54) is 24.3 Å². The van der Waals surface area contributed by atoms with Crippen LogP contribution in [0, 0.1) is 5.82 Å². The minimum absolute atomic E-state index is 0.0593. The van der Waals surface area contributed by atoms with Crippen LogP contribution in [-0.4, -0.2) is 21.7 Å². The van der Waals surface area contributed by atoms with Crippen molar-refractivity contribution < 1.29 is 19.1 Å². The maximum absolute atomic E-state index is 13.1. The normalized spacial score (nSPS) is 10.6. The molecule has 0 saturated carbocycles. The van der Waals surface area contributed by atoms with Gasteiger partial charge < -0.3 is 5.11 Å². The van der Waals surface area contributed by atoms with Gasteiger partial charge in [0.2, 0.25) is 0 Å². The Hall–Kier alpha value is -2.93. The monoisotopic (exact) mass is 430 g/mol. The first-order valence-corrected chi connectivity index (χ1v) is 8.98. The van der Waals surface area contributed by atoms with Crippen LogP contribution in [0.3, 0.4) is 0 Å². The van der Waals surface area contributed by atoms with Crippen LogP contribution in [0.2, 0.25) is 0 Å². The molecule has 138 valence electrons. The molecular formula is C20H16BrFN2O3. The van der Waals surface area contributed by atoms with Gasteiger partial charge in [-0.25, -0.2) is 4.39 Å². The van der Waals surface area contributed by atoms with Gasteiger partial charge >= 0.3 is 5.97 Å². The number of aromatic nitrogens is 1. The molecule has 0 bridgehead atoms. The lowest BCUT2D eigenvalue weighted by atomic mass is 10.1. The smallest absolute Gasteiger partial charge is 0.303 e. The summed E-state index contributed by atoms with van der Waals surface area (Å²) in [6, 6.07) is 16.4. The Labute approximate surface area is 163 Å². The number of hydrogen-bond acceptors (Lipinski definition) is 2. The van der Waals surface area contributed by atoms with E-state index in [1.807, 2.05) is 30.3 Å². The zero-order valence-corrected chi connectivity index (χ0v) is 15.7. The Morgan fingerprint density at radius 3 is 2.30 bits per heavy atom. The van der Waals surface area contributed by atoms with Crippen molar-refractivity contribution in [3.63, 3.8) is 0 Å². The predicted octanol–water partition coefficient (Wildman–Crippen LogP) is 4.46. The Bertz CT molecular complexity index is 966. The minimum atomic E-state index is -0.919. The Morgan fingerprint density at radius 2 is 1.67 bits per heavy atom. The van der Waals surface area contributed by atoms with Crippen LogP contribution >= 0.6 is 15.9 Å². The van der Waals surface area contributed by atoms with E-state index in [0.29, 0.717) is 11.3 Å². The van der Waals surface area contributed by atoms with Crippen LogP contribution in [0.15, 0.2) is 65.1 Å². The van der Waals surface area contributed by atoms with Gasteiger partial charge in [-0.3, -0.25) is 19.7 Å². The lowest BCUT2D eigenvalue weighted by molar-refractivity contribution is -0.136. The second-order valence-electron chi connectivity index (χ2n) is 5.89. The van der Waals surface area contributed by atoms with Crippen molar-refractivity contribution in [3.05, 3.63) is 82.2 Å². The zero-order chi connectivity index (χ0) is 19.4. The molecule has 2 N–H and O–H groups in total. The molecule has 1 aromatic heterocycles. The van der Waals surface area contributed by atoms with Gasteiger partial charge in [-0.05, 0) is 48.5 Å². The molecule has 0 aliphatic rings. The number of amides is 1. The highest BCUT2D eigenvalue weighted by molar-refractivity contribution is 9.10. The molecule has 0 saturated heterocycles. The summed E-state index contributed by atoms with van der Waals surface area (Å²) in [5.74, 6) is -1.76. The molecule has 5 nitrogen and oxygen atoms in total. The van der Waals surface area contributed by atoms with E-state index in [1.54, 1.807) is 10.7 Å². The highest BCUT2D eigenvalue weighted by Crippen LogP contribution is 2.24. The van der Waals surface area contributed by atoms with Gasteiger partial charge in [-0.15, -0.1) is 0 Å². The summed E-state index contributed by atoms with van der Waals surface area (Å²) < 4.78 is 15.6. The highest BCUT2D eigenvalue weighted by Gasteiger charge is 2.15. The molecule has 3 aromatic rings. The number of nitrogens with one attached hydrogen (secondary N) is 1. The van der Waals surface area contributed by atoms with Crippen molar-refractivity contribution >= 4 is 27.8 Å². The number of halogens is 2. The van der Waals surface area contributed by atoms with Gasteiger partial charge in [0.25, 0.3) is 5.91 Å². The van der Waals surface area contributed by atoms with Crippen molar-refractivity contribution in [1.29, 1.82) is 0 Å². The van der Waals surface area contributed by atoms with E-state index in [2.05, 4.69) is 21.4 Å². The SMILES string of the molecule is O=C(O)CCc1ccc(-c2ccc(Br)cc2)n1NC(=O)c1ccc(F)cc1. The molecule has 27 heavy (non-hydrogen) atoms. The molecule has 1 amide bonds. The average Bonchev–Trinajstić information content (AvgIpc) is 3.03. The Morgan fingerprint density at radius 1 is 1.00 bits per heavy atom. The fourth-order valence-electron chi connectivity index (χ4n) is 2.65. The second kappa shape index (κ2) is 8.18. The maximum Gasteiger partial charge on any atom is 0.303 e. The quantitative estimate of drug-likeness (QED) is 0.606. The summed E-state index contributed by atoms with van der Waals surface area (Å²) in [6.45, 7) is 0. The van der Waals surface area contributed by atoms with Crippen LogP contribution in [0.25, 0.3) is 11.3 Å². The van der Waals surface area contributed by atoms with E-state index in [9.17, 15) is 14.0 Å². The molecule has 0 aliphatic carbocycles. The topological polar surface area (TPSA) is 71.3 Å². The summed E-state index contributed by atoms with van der Waals surface area (Å²) in [7, 11) is 0. The Balaban J connectivity index is 1.95. The van der Waals surface area contributed by atoms with Gasteiger partial charge in [-0.2, -0.15) is 0 Å². The number of aryl methyl sites for hydroxylation is 1. The van der Waals surface area contributed by atoms with Gasteiger partial charge in [-0.1, -0.05) is 28.1 Å². The molecule has 0 fully saturated rings. The van der Waals surface area contributed by atoms with Crippen molar-refractivity contribution in [3.8, 4) is 11.3 Å². The number of carbonyl (C=O) groups excluding carboxylic acids is 1. The van der Waals surface area contributed by atoms with Crippen LogP contribution < -0.4 is 5.43 Å². The number of nitrogens with zero attached hydrogens (tertiary/aromatic N) is 1. The van der Waals surface area contributed by atoms with E-state index in [0.717, 1.165) is 15.7 Å². The minimum Gasteiger partial charge on any atom is -0.481 e. The van der Waals surface area contributed by atoms with E-state index >= 15 is 0 Å². The number of carboxylic acids is 1. The van der Waals surface area contributed by atoms with Gasteiger partial charge in [0.05, 0.1) is 12.1 Å². The van der Waals surface area contributed by atoms with Crippen LogP contribution in [0.1, 0.15) is 22.5 Å². The molecular weight excluding hydrogens is 415 g/mol. The van der Waals surface area contributed by atoms with Gasteiger partial charge in [0, 0.05) is 27.7 Å². The van der Waals surface area contributed by atoms with Crippen molar-refractivity contribution in [2.45, 2.75) is 12.8 Å². The predicted molar refractivity (Wildman–Crippen MR) is 104 cm³/mol. The molecule has 3 rings (SSSR count). The fraction of sp³-hybridized carbons (Fsp3) is 0.100. The third-order valence-corrected chi connectivity index (χ3v) is 4.55. The largest absolute Gasteiger partial charge is 0.481 e. The molecule has 7 heteroatoms. The van der Waals surface area contributed by atoms with E-state index in [4.69, 9.17) is 5.11 Å². The number of rotatable bonds is 6. The third-order valence-electron chi connectivity index (χ3n) is 4.02. The summed E-state index contributed by atoms with van der Waals surface area (Å²) in [4.78, 5) is 23.5. The zero-order valence-electron chi connectivity index (χ0n) is 14.2. The summed E-state index contributed by atoms with van der Waals surface area (Å²) >= 11 is 3.39. The van der Waals surface area contributed by atoms with Gasteiger partial charge in [0.15, 0.2) is 0 Å². The lowest BCUT2D eigenvalue weighted by Gasteiger charge is -2.15. The molecule has 0 unspecified atom stereocenters. The Kier molecular flexibility index (Phi) is 5.71. The molecule has 0 aliphatic heterocycles. The average molecular weight is 431 g/mol. The molecule has 0 spiro atoms. The van der Waals surface area contributed by atoms with E-state index in [-0.39, 0.29) is 12.8 Å². The third kappa shape index (κ3) is 4.62. The van der Waals surface area contributed by atoms with Crippen LogP contribution in [-0.2, 0) is 11.2 Å². The van der Waals surface area contributed by atoms with Crippen LogP contribution in [0.5, 0.6) is 0 Å². The molecule has 0 atom stereocenters. The number of hydrogen-bond donors (Lipinski definition) is 2. The summed E-state index contributed by atoms with van der Waals surface area (Å²) in [6.07, 6.45) is 0.200. The first-order valence-electron chi connectivity index (χ1n) is 8.19. The first kappa shape index (κ1) is 18.8. The standard InChI is InChI=1S/C20H16BrFN2O3/c21-15-5-1-13(2-6-15)18-11-9-17(10-12-19(25)26)24(18)23-20(27)14-3-7-16(22)8-4-14/h1-9,11H,10,12H2,(H,23,27)(H,25,26). The first-order chi connectivity index (χ1) is 12.9. The lowest BCUT2D eigenvalue weighted by Crippen LogP contribution is -2.25. The molecule has 2 aromatic carbocycles. The number of carboxylic acid groups (broad SMARTS) is 1. The number of aliphatic carboxylic acids is 1. The maximum atomic E-state index is 13.1. The summed E-state index contributed by atoms with van der Waals surface area (Å²) in [5, 5.41) is 8.97. The fourth-order valence-corrected chi connectivity index (χ4v) is 2.92. The van der Waals surface area contributed by atoms with E-state index < -0.39 is 17.7 Å². The number of carbonyl (C=O) groups is 2. The second-order valence-corrected chi connectivity index (χ2v) is 6.81. The van der Waals surface area contributed by atoms with Crippen LogP contribution in [0.4, 0.5) is 4.39 Å². The van der Waals surface area contributed by atoms with Gasteiger partial charge in [0.1, 0.15) is 5.82 Å². The highest BCUT2D eigenvalue weighted by atomic mass is 79.9.